The molecule has 0 N–H and O–H groups in total. The Kier molecular flexibility index (Phi) is 3.73. The number of ether oxygens (including phenoxy) is 1. The van der Waals surface area contributed by atoms with Gasteiger partial charge in [0.15, 0.2) is 5.69 Å². The molecular weight excluding hydrogens is 266 g/mol. The van der Waals surface area contributed by atoms with Crippen molar-refractivity contribution in [2.45, 2.75) is 39.2 Å². The van der Waals surface area contributed by atoms with Crippen LogP contribution in [0.1, 0.15) is 53.0 Å². The number of carbonyl (C=O) groups excluding carboxylic acids is 1. The Balaban J connectivity index is 1.88. The van der Waals surface area contributed by atoms with E-state index < -0.39 is 0 Å². The van der Waals surface area contributed by atoms with Crippen molar-refractivity contribution in [2.75, 3.05) is 6.61 Å². The van der Waals surface area contributed by atoms with Crippen molar-refractivity contribution in [1.29, 1.82) is 0 Å². The molecule has 0 amide bonds. The van der Waals surface area contributed by atoms with Crippen molar-refractivity contribution in [1.82, 2.24) is 15.0 Å². The molecule has 0 unspecified atom stereocenters. The van der Waals surface area contributed by atoms with Crippen molar-refractivity contribution in [2.24, 2.45) is 0 Å². The summed E-state index contributed by atoms with van der Waals surface area (Å²) in [6.07, 6.45) is 2.18. The van der Waals surface area contributed by atoms with Gasteiger partial charge in [-0.1, -0.05) is 35.0 Å². The highest BCUT2D eigenvalue weighted by molar-refractivity contribution is 5.88. The molecule has 0 radical (unpaired) electrons. The topological polar surface area (TPSA) is 57.0 Å². The number of esters is 1. The number of aryl methyl sites for hydroxylation is 1. The Labute approximate surface area is 123 Å². The lowest BCUT2D eigenvalue weighted by molar-refractivity contribution is 0.0518. The maximum absolute atomic E-state index is 12.0. The first-order valence-corrected chi connectivity index (χ1v) is 7.35. The Bertz CT molecular complexity index is 642. The molecule has 1 aromatic heterocycles. The molecule has 5 nitrogen and oxygen atoms in total. The van der Waals surface area contributed by atoms with Gasteiger partial charge in [0.25, 0.3) is 0 Å². The van der Waals surface area contributed by atoms with Crippen molar-refractivity contribution in [3.63, 3.8) is 0 Å². The lowest BCUT2D eigenvalue weighted by atomic mass is 10.1. The standard InChI is InChI=1S/C16H19N3O2/c1-3-21-16(20)14-15(13-8-9-13)19(18-17-14)10-12-6-4-11(2)5-7-12/h4-7,13H,3,8-10H2,1-2H3. The summed E-state index contributed by atoms with van der Waals surface area (Å²) in [6, 6.07) is 8.32. The van der Waals surface area contributed by atoms with E-state index >= 15 is 0 Å². The van der Waals surface area contributed by atoms with Crippen LogP contribution in [-0.4, -0.2) is 27.6 Å². The van der Waals surface area contributed by atoms with E-state index in [1.54, 1.807) is 6.92 Å². The normalized spacial score (nSPS) is 14.2. The van der Waals surface area contributed by atoms with Gasteiger partial charge < -0.3 is 4.74 Å². The van der Waals surface area contributed by atoms with Crippen LogP contribution in [-0.2, 0) is 11.3 Å². The fraction of sp³-hybridized carbons (Fsp3) is 0.438. The van der Waals surface area contributed by atoms with Crippen LogP contribution in [0.15, 0.2) is 24.3 Å². The number of rotatable bonds is 5. The summed E-state index contributed by atoms with van der Waals surface area (Å²) in [5.41, 5.74) is 3.69. The first kappa shape index (κ1) is 13.8. The maximum Gasteiger partial charge on any atom is 0.360 e. The van der Waals surface area contributed by atoms with Crippen LogP contribution in [0.2, 0.25) is 0 Å². The summed E-state index contributed by atoms with van der Waals surface area (Å²) in [4.78, 5) is 12.0. The number of hydrogen-bond acceptors (Lipinski definition) is 4. The van der Waals surface area contributed by atoms with Gasteiger partial charge >= 0.3 is 5.97 Å². The Hall–Kier alpha value is -2.17. The zero-order valence-electron chi connectivity index (χ0n) is 12.4. The number of hydrogen-bond donors (Lipinski definition) is 0. The third-order valence-electron chi connectivity index (χ3n) is 3.66. The maximum atomic E-state index is 12.0. The molecule has 2 aromatic rings. The molecule has 0 aliphatic heterocycles. The average molecular weight is 285 g/mol. The Morgan fingerprint density at radius 3 is 2.67 bits per heavy atom. The van der Waals surface area contributed by atoms with Gasteiger partial charge in [0, 0.05) is 5.92 Å². The van der Waals surface area contributed by atoms with Crippen molar-refractivity contribution in [3.8, 4) is 0 Å². The molecule has 5 heteroatoms. The number of benzene rings is 1. The molecule has 0 atom stereocenters. The summed E-state index contributed by atoms with van der Waals surface area (Å²) in [5.74, 6) is 0.0272. The van der Waals surface area contributed by atoms with Crippen LogP contribution in [0.3, 0.4) is 0 Å². The highest BCUT2D eigenvalue weighted by atomic mass is 16.5. The second-order valence-electron chi connectivity index (χ2n) is 5.46. The SMILES string of the molecule is CCOC(=O)c1nnn(Cc2ccc(C)cc2)c1C1CC1. The van der Waals surface area contributed by atoms with E-state index in [-0.39, 0.29) is 5.97 Å². The van der Waals surface area contributed by atoms with Crippen molar-refractivity contribution < 1.29 is 9.53 Å². The van der Waals surface area contributed by atoms with E-state index in [4.69, 9.17) is 4.74 Å². The van der Waals surface area contributed by atoms with Gasteiger partial charge in [-0.2, -0.15) is 0 Å². The van der Waals surface area contributed by atoms with Crippen LogP contribution >= 0.6 is 0 Å². The molecule has 1 aromatic carbocycles. The summed E-state index contributed by atoms with van der Waals surface area (Å²) in [7, 11) is 0. The smallest absolute Gasteiger partial charge is 0.360 e. The van der Waals surface area contributed by atoms with Crippen molar-refractivity contribution >= 4 is 5.97 Å². The third kappa shape index (κ3) is 2.96. The number of nitrogens with zero attached hydrogens (tertiary/aromatic N) is 3. The van der Waals surface area contributed by atoms with E-state index in [0.29, 0.717) is 24.8 Å². The van der Waals surface area contributed by atoms with Gasteiger partial charge in [-0.05, 0) is 32.3 Å². The van der Waals surface area contributed by atoms with Gasteiger partial charge in [0.2, 0.25) is 0 Å². The first-order chi connectivity index (χ1) is 10.2. The molecule has 1 fully saturated rings. The lowest BCUT2D eigenvalue weighted by Gasteiger charge is -2.07. The molecule has 3 rings (SSSR count). The summed E-state index contributed by atoms with van der Waals surface area (Å²) in [6.45, 7) is 4.85. The minimum atomic E-state index is -0.366. The van der Waals surface area contributed by atoms with Gasteiger partial charge in [0.05, 0.1) is 18.8 Å². The van der Waals surface area contributed by atoms with Crippen LogP contribution in [0.25, 0.3) is 0 Å². The molecule has 1 aliphatic carbocycles. The molecule has 1 saturated carbocycles. The third-order valence-corrected chi connectivity index (χ3v) is 3.66. The highest BCUT2D eigenvalue weighted by Gasteiger charge is 2.34. The lowest BCUT2D eigenvalue weighted by Crippen LogP contribution is -2.11. The van der Waals surface area contributed by atoms with Crippen LogP contribution < -0.4 is 0 Å². The van der Waals surface area contributed by atoms with E-state index in [1.165, 1.54) is 5.56 Å². The molecule has 0 bridgehead atoms. The van der Waals surface area contributed by atoms with Gasteiger partial charge in [0.1, 0.15) is 0 Å². The second-order valence-corrected chi connectivity index (χ2v) is 5.46. The Morgan fingerprint density at radius 1 is 1.33 bits per heavy atom. The van der Waals surface area contributed by atoms with Crippen LogP contribution in [0.5, 0.6) is 0 Å². The van der Waals surface area contributed by atoms with Crippen LogP contribution in [0, 0.1) is 6.92 Å². The van der Waals surface area contributed by atoms with Gasteiger partial charge in [-0.25, -0.2) is 9.48 Å². The van der Waals surface area contributed by atoms with Gasteiger partial charge in [-0.3, -0.25) is 0 Å². The second kappa shape index (κ2) is 5.68. The highest BCUT2D eigenvalue weighted by Crippen LogP contribution is 2.41. The first-order valence-electron chi connectivity index (χ1n) is 7.35. The van der Waals surface area contributed by atoms with E-state index in [2.05, 4.69) is 41.5 Å². The zero-order valence-corrected chi connectivity index (χ0v) is 12.4. The van der Waals surface area contributed by atoms with Crippen molar-refractivity contribution in [3.05, 3.63) is 46.8 Å². The average Bonchev–Trinajstić information content (AvgIpc) is 3.22. The number of aromatic nitrogens is 3. The molecule has 1 heterocycles. The predicted molar refractivity (Wildman–Crippen MR) is 78.2 cm³/mol. The van der Waals surface area contributed by atoms with E-state index in [0.717, 1.165) is 24.1 Å². The van der Waals surface area contributed by atoms with Crippen LogP contribution in [0.4, 0.5) is 0 Å². The largest absolute Gasteiger partial charge is 0.461 e. The molecule has 110 valence electrons. The predicted octanol–water partition coefficient (Wildman–Crippen LogP) is 2.69. The van der Waals surface area contributed by atoms with E-state index in [1.807, 2.05) is 4.68 Å². The molecule has 21 heavy (non-hydrogen) atoms. The minimum Gasteiger partial charge on any atom is -0.461 e. The number of carbonyl (C=O) groups is 1. The summed E-state index contributed by atoms with van der Waals surface area (Å²) in [5, 5.41) is 8.21. The quantitative estimate of drug-likeness (QED) is 0.793. The van der Waals surface area contributed by atoms with E-state index in [9.17, 15) is 4.79 Å². The molecular formula is C16H19N3O2. The monoisotopic (exact) mass is 285 g/mol. The van der Waals surface area contributed by atoms with Gasteiger partial charge in [-0.15, -0.1) is 5.10 Å². The fourth-order valence-corrected chi connectivity index (χ4v) is 2.41. The molecule has 0 spiro atoms. The summed E-state index contributed by atoms with van der Waals surface area (Å²) < 4.78 is 6.91. The Morgan fingerprint density at radius 2 is 2.05 bits per heavy atom. The molecule has 0 saturated heterocycles. The fourth-order valence-electron chi connectivity index (χ4n) is 2.41. The minimum absolute atomic E-state index is 0.355. The summed E-state index contributed by atoms with van der Waals surface area (Å²) >= 11 is 0. The molecule has 1 aliphatic rings. The zero-order chi connectivity index (χ0) is 14.8.